The molecule has 4 aliphatic rings. The molecule has 0 N–H and O–H groups in total. The highest BCUT2D eigenvalue weighted by Gasteiger charge is 2.47. The molecule has 164 valence electrons. The van der Waals surface area contributed by atoms with E-state index < -0.39 is 0 Å². The summed E-state index contributed by atoms with van der Waals surface area (Å²) in [5, 5.41) is 0. The molecule has 0 radical (unpaired) electrons. The first-order valence-electron chi connectivity index (χ1n) is 11.9. The molecule has 1 aromatic carbocycles. The van der Waals surface area contributed by atoms with Gasteiger partial charge >= 0.3 is 6.09 Å². The standard InChI is InChI=1S/C25H36N2O3/c1-29-15-16-30-24(28)27-12-4-6-20-17-21(18-23(20)27)26-13-10-25(11-14-26)9-8-19-5-2-3-7-22(19)25/h2-3,5,7,20-21,23H,4,6,8-18H2,1H3. The maximum absolute atomic E-state index is 12.6. The van der Waals surface area contributed by atoms with Crippen LogP contribution in [0.4, 0.5) is 4.79 Å². The zero-order valence-corrected chi connectivity index (χ0v) is 18.4. The fourth-order valence-electron chi connectivity index (χ4n) is 6.88. The molecule has 30 heavy (non-hydrogen) atoms. The van der Waals surface area contributed by atoms with Gasteiger partial charge in [0.15, 0.2) is 0 Å². The molecule has 0 bridgehead atoms. The van der Waals surface area contributed by atoms with E-state index in [2.05, 4.69) is 29.2 Å². The smallest absolute Gasteiger partial charge is 0.410 e. The quantitative estimate of drug-likeness (QED) is 0.701. The lowest BCUT2D eigenvalue weighted by molar-refractivity contribution is 0.0436. The topological polar surface area (TPSA) is 42.0 Å². The van der Waals surface area contributed by atoms with Gasteiger partial charge in [-0.3, -0.25) is 0 Å². The first kappa shape index (κ1) is 20.3. The zero-order chi connectivity index (χ0) is 20.6. The number of hydrogen-bond donors (Lipinski definition) is 0. The van der Waals surface area contributed by atoms with Crippen LogP contribution in [0.2, 0.25) is 0 Å². The minimum absolute atomic E-state index is 0.137. The normalized spacial score (nSPS) is 30.3. The summed E-state index contributed by atoms with van der Waals surface area (Å²) in [6.07, 6.45) is 9.76. The number of likely N-dealkylation sites (tertiary alicyclic amines) is 2. The Kier molecular flexibility index (Phi) is 5.76. The molecule has 1 amide bonds. The number of methoxy groups -OCH3 is 1. The van der Waals surface area contributed by atoms with Crippen LogP contribution in [0, 0.1) is 5.92 Å². The van der Waals surface area contributed by atoms with Gasteiger partial charge in [0.1, 0.15) is 6.61 Å². The molecule has 1 aromatic rings. The fraction of sp³-hybridized carbons (Fsp3) is 0.720. The van der Waals surface area contributed by atoms with Gasteiger partial charge in [-0.15, -0.1) is 0 Å². The van der Waals surface area contributed by atoms with Crippen LogP contribution in [0.5, 0.6) is 0 Å². The highest BCUT2D eigenvalue weighted by Crippen LogP contribution is 2.48. The summed E-state index contributed by atoms with van der Waals surface area (Å²) in [7, 11) is 1.64. The largest absolute Gasteiger partial charge is 0.447 e. The van der Waals surface area contributed by atoms with Gasteiger partial charge in [-0.25, -0.2) is 4.79 Å². The number of aryl methyl sites for hydroxylation is 1. The molecule has 2 aliphatic carbocycles. The van der Waals surface area contributed by atoms with Crippen molar-refractivity contribution in [2.24, 2.45) is 5.92 Å². The lowest BCUT2D eigenvalue weighted by atomic mass is 9.73. The molecule has 2 heterocycles. The van der Waals surface area contributed by atoms with Crippen molar-refractivity contribution in [3.63, 3.8) is 0 Å². The van der Waals surface area contributed by atoms with Crippen molar-refractivity contribution in [2.45, 2.75) is 68.9 Å². The highest BCUT2D eigenvalue weighted by atomic mass is 16.6. The van der Waals surface area contributed by atoms with Crippen LogP contribution in [0.25, 0.3) is 0 Å². The first-order valence-corrected chi connectivity index (χ1v) is 11.9. The number of nitrogens with zero attached hydrogens (tertiary/aromatic N) is 2. The van der Waals surface area contributed by atoms with Crippen molar-refractivity contribution in [2.75, 3.05) is 40.0 Å². The molecule has 5 nitrogen and oxygen atoms in total. The van der Waals surface area contributed by atoms with Crippen molar-refractivity contribution in [3.8, 4) is 0 Å². The molecule has 2 saturated heterocycles. The van der Waals surface area contributed by atoms with E-state index >= 15 is 0 Å². The van der Waals surface area contributed by atoms with Gasteiger partial charge in [0.05, 0.1) is 6.61 Å². The Hall–Kier alpha value is -1.59. The number of benzene rings is 1. The van der Waals surface area contributed by atoms with Gasteiger partial charge in [-0.05, 0) is 86.9 Å². The highest BCUT2D eigenvalue weighted by molar-refractivity contribution is 5.68. The van der Waals surface area contributed by atoms with Crippen molar-refractivity contribution in [1.29, 1.82) is 0 Å². The molecular weight excluding hydrogens is 376 g/mol. The number of hydrogen-bond acceptors (Lipinski definition) is 4. The summed E-state index contributed by atoms with van der Waals surface area (Å²) < 4.78 is 10.5. The SMILES string of the molecule is COCCOC(=O)N1CCCC2CC(N3CCC4(CCc5ccccc54)CC3)CC21. The minimum atomic E-state index is -0.137. The van der Waals surface area contributed by atoms with Crippen LogP contribution in [0.1, 0.15) is 56.1 Å². The number of fused-ring (bicyclic) bond motifs is 3. The second-order valence-electron chi connectivity index (χ2n) is 9.87. The van der Waals surface area contributed by atoms with E-state index in [1.165, 1.54) is 51.6 Å². The minimum Gasteiger partial charge on any atom is -0.447 e. The summed E-state index contributed by atoms with van der Waals surface area (Å²) >= 11 is 0. The molecular formula is C25H36N2O3. The fourth-order valence-corrected chi connectivity index (χ4v) is 6.88. The summed E-state index contributed by atoms with van der Waals surface area (Å²) in [6.45, 7) is 4.07. The van der Waals surface area contributed by atoms with Crippen LogP contribution in [-0.2, 0) is 21.3 Å². The van der Waals surface area contributed by atoms with Crippen LogP contribution >= 0.6 is 0 Å². The second kappa shape index (κ2) is 8.51. The van der Waals surface area contributed by atoms with Gasteiger partial charge in [0.2, 0.25) is 0 Å². The monoisotopic (exact) mass is 412 g/mol. The lowest BCUT2D eigenvalue weighted by Crippen LogP contribution is -2.48. The van der Waals surface area contributed by atoms with E-state index in [4.69, 9.17) is 9.47 Å². The van der Waals surface area contributed by atoms with Crippen LogP contribution in [-0.4, -0.2) is 67.9 Å². The van der Waals surface area contributed by atoms with Crippen molar-refractivity contribution < 1.29 is 14.3 Å². The van der Waals surface area contributed by atoms with E-state index in [0.717, 1.165) is 19.4 Å². The predicted molar refractivity (Wildman–Crippen MR) is 117 cm³/mol. The van der Waals surface area contributed by atoms with Crippen molar-refractivity contribution >= 4 is 6.09 Å². The van der Waals surface area contributed by atoms with E-state index in [9.17, 15) is 4.79 Å². The van der Waals surface area contributed by atoms with Crippen LogP contribution in [0.3, 0.4) is 0 Å². The third-order valence-corrected chi connectivity index (χ3v) is 8.49. The van der Waals surface area contributed by atoms with Crippen molar-refractivity contribution in [3.05, 3.63) is 35.4 Å². The third kappa shape index (κ3) is 3.64. The molecule has 1 saturated carbocycles. The van der Waals surface area contributed by atoms with E-state index in [1.54, 1.807) is 18.2 Å². The van der Waals surface area contributed by atoms with E-state index in [0.29, 0.717) is 36.6 Å². The number of rotatable bonds is 4. The number of carbonyl (C=O) groups excluding carboxylic acids is 1. The number of piperidine rings is 2. The molecule has 0 aromatic heterocycles. The number of carbonyl (C=O) groups is 1. The van der Waals surface area contributed by atoms with E-state index in [-0.39, 0.29) is 6.09 Å². The number of ether oxygens (including phenoxy) is 2. The zero-order valence-electron chi connectivity index (χ0n) is 18.4. The summed E-state index contributed by atoms with van der Waals surface area (Å²) in [4.78, 5) is 17.4. The molecule has 3 unspecified atom stereocenters. The molecule has 5 heteroatoms. The van der Waals surface area contributed by atoms with Gasteiger partial charge in [-0.2, -0.15) is 0 Å². The predicted octanol–water partition coefficient (Wildman–Crippen LogP) is 3.99. The van der Waals surface area contributed by atoms with Gasteiger partial charge < -0.3 is 19.3 Å². The first-order chi connectivity index (χ1) is 14.7. The maximum atomic E-state index is 12.6. The average Bonchev–Trinajstić information content (AvgIpc) is 3.37. The van der Waals surface area contributed by atoms with Gasteiger partial charge in [0.25, 0.3) is 0 Å². The molecule has 1 spiro atoms. The van der Waals surface area contributed by atoms with Crippen LogP contribution < -0.4 is 0 Å². The summed E-state index contributed by atoms with van der Waals surface area (Å²) in [5.41, 5.74) is 3.64. The maximum Gasteiger partial charge on any atom is 0.410 e. The Morgan fingerprint density at radius 1 is 1.10 bits per heavy atom. The number of amides is 1. The molecule has 3 fully saturated rings. The third-order valence-electron chi connectivity index (χ3n) is 8.49. The Labute approximate surface area is 180 Å². The Balaban J connectivity index is 1.20. The lowest BCUT2D eigenvalue weighted by Gasteiger charge is -2.42. The van der Waals surface area contributed by atoms with E-state index in [1.807, 2.05) is 4.90 Å². The van der Waals surface area contributed by atoms with Gasteiger partial charge in [0, 0.05) is 25.7 Å². The Bertz CT molecular complexity index is 759. The molecule has 2 aliphatic heterocycles. The van der Waals surface area contributed by atoms with Gasteiger partial charge in [-0.1, -0.05) is 24.3 Å². The average molecular weight is 413 g/mol. The van der Waals surface area contributed by atoms with Crippen LogP contribution in [0.15, 0.2) is 24.3 Å². The Morgan fingerprint density at radius 2 is 1.93 bits per heavy atom. The second-order valence-corrected chi connectivity index (χ2v) is 9.87. The summed E-state index contributed by atoms with van der Waals surface area (Å²) in [6, 6.07) is 10.1. The Morgan fingerprint density at radius 3 is 2.77 bits per heavy atom. The molecule has 5 rings (SSSR count). The molecule has 3 atom stereocenters. The van der Waals surface area contributed by atoms with Crippen molar-refractivity contribution in [1.82, 2.24) is 9.80 Å². The summed E-state index contributed by atoms with van der Waals surface area (Å²) in [5.74, 6) is 0.641.